The van der Waals surface area contributed by atoms with E-state index in [0.29, 0.717) is 10.0 Å². The number of fused-ring (bicyclic) bond motifs is 1. The fourth-order valence-electron chi connectivity index (χ4n) is 2.98. The minimum atomic E-state index is 0.588. The third kappa shape index (κ3) is 2.99. The SMILES string of the molecule is Clc1ccc(N2CCN(c3cnc4ccccc4n3)CC2)cc1Cl. The number of hydrogen-bond donors (Lipinski definition) is 0. The minimum Gasteiger partial charge on any atom is -0.368 e. The largest absolute Gasteiger partial charge is 0.368 e. The fraction of sp³-hybridized carbons (Fsp3) is 0.222. The van der Waals surface area contributed by atoms with Gasteiger partial charge in [-0.25, -0.2) is 4.98 Å². The highest BCUT2D eigenvalue weighted by atomic mass is 35.5. The molecule has 6 heteroatoms. The number of benzene rings is 2. The van der Waals surface area contributed by atoms with Crippen molar-refractivity contribution in [2.75, 3.05) is 36.0 Å². The number of aromatic nitrogens is 2. The first-order chi connectivity index (χ1) is 11.7. The van der Waals surface area contributed by atoms with Gasteiger partial charge in [0.25, 0.3) is 0 Å². The predicted octanol–water partition coefficient (Wildman–Crippen LogP) is 4.26. The summed E-state index contributed by atoms with van der Waals surface area (Å²) in [5.41, 5.74) is 2.96. The van der Waals surface area contributed by atoms with Crippen LogP contribution in [0.3, 0.4) is 0 Å². The molecule has 0 N–H and O–H groups in total. The molecule has 0 radical (unpaired) electrons. The van der Waals surface area contributed by atoms with Gasteiger partial charge in [-0.2, -0.15) is 0 Å². The van der Waals surface area contributed by atoms with E-state index < -0.39 is 0 Å². The Labute approximate surface area is 150 Å². The first-order valence-corrected chi connectivity index (χ1v) is 8.63. The summed E-state index contributed by atoms with van der Waals surface area (Å²) in [7, 11) is 0. The molecule has 4 nitrogen and oxygen atoms in total. The van der Waals surface area contributed by atoms with Gasteiger partial charge < -0.3 is 9.80 Å². The van der Waals surface area contributed by atoms with Crippen LogP contribution in [0.2, 0.25) is 10.0 Å². The van der Waals surface area contributed by atoms with E-state index in [0.717, 1.165) is 48.7 Å². The summed E-state index contributed by atoms with van der Waals surface area (Å²) in [6.45, 7) is 3.61. The Bertz CT molecular complexity index is 876. The summed E-state index contributed by atoms with van der Waals surface area (Å²) in [5, 5.41) is 1.18. The third-order valence-corrected chi connectivity index (χ3v) is 5.05. The second-order valence-corrected chi connectivity index (χ2v) is 6.60. The monoisotopic (exact) mass is 358 g/mol. The van der Waals surface area contributed by atoms with Crippen molar-refractivity contribution in [1.82, 2.24) is 9.97 Å². The molecule has 0 unspecified atom stereocenters. The summed E-state index contributed by atoms with van der Waals surface area (Å²) < 4.78 is 0. The predicted molar refractivity (Wildman–Crippen MR) is 100 cm³/mol. The van der Waals surface area contributed by atoms with E-state index in [4.69, 9.17) is 28.2 Å². The van der Waals surface area contributed by atoms with Crippen LogP contribution in [0.25, 0.3) is 11.0 Å². The van der Waals surface area contributed by atoms with Gasteiger partial charge in [-0.1, -0.05) is 35.3 Å². The van der Waals surface area contributed by atoms with Gasteiger partial charge in [-0.05, 0) is 30.3 Å². The van der Waals surface area contributed by atoms with Crippen molar-refractivity contribution >= 4 is 45.7 Å². The van der Waals surface area contributed by atoms with E-state index in [1.165, 1.54) is 0 Å². The zero-order valence-electron chi connectivity index (χ0n) is 13.0. The standard InChI is InChI=1S/C18H16Cl2N4/c19-14-6-5-13(11-15(14)20)23-7-9-24(10-8-23)18-12-21-16-3-1-2-4-17(16)22-18/h1-6,11-12H,7-10H2. The smallest absolute Gasteiger partial charge is 0.147 e. The van der Waals surface area contributed by atoms with Gasteiger partial charge in [0.15, 0.2) is 0 Å². The Morgan fingerprint density at radius 1 is 0.792 bits per heavy atom. The van der Waals surface area contributed by atoms with E-state index >= 15 is 0 Å². The molecule has 1 aliphatic rings. The van der Waals surface area contributed by atoms with Crippen molar-refractivity contribution in [3.63, 3.8) is 0 Å². The Hall–Kier alpha value is -2.04. The van der Waals surface area contributed by atoms with Gasteiger partial charge in [0, 0.05) is 31.9 Å². The number of hydrogen-bond acceptors (Lipinski definition) is 4. The van der Waals surface area contributed by atoms with E-state index in [9.17, 15) is 0 Å². The van der Waals surface area contributed by atoms with Gasteiger partial charge in [-0.3, -0.25) is 4.98 Å². The quantitative estimate of drug-likeness (QED) is 0.684. The topological polar surface area (TPSA) is 32.3 Å². The maximum Gasteiger partial charge on any atom is 0.147 e. The van der Waals surface area contributed by atoms with Crippen LogP contribution in [-0.2, 0) is 0 Å². The zero-order chi connectivity index (χ0) is 16.5. The number of rotatable bonds is 2. The highest BCUT2D eigenvalue weighted by Gasteiger charge is 2.19. The fourth-order valence-corrected chi connectivity index (χ4v) is 3.27. The molecule has 0 amide bonds. The molecule has 4 rings (SSSR count). The lowest BCUT2D eigenvalue weighted by Crippen LogP contribution is -2.46. The Kier molecular flexibility index (Phi) is 4.17. The van der Waals surface area contributed by atoms with Crippen LogP contribution in [0, 0.1) is 0 Å². The average Bonchev–Trinajstić information content (AvgIpc) is 2.64. The number of para-hydroxylation sites is 2. The Balaban J connectivity index is 1.49. The van der Waals surface area contributed by atoms with E-state index in [-0.39, 0.29) is 0 Å². The van der Waals surface area contributed by atoms with Gasteiger partial charge in [0.2, 0.25) is 0 Å². The van der Waals surface area contributed by atoms with Crippen molar-refractivity contribution in [2.45, 2.75) is 0 Å². The molecule has 0 bridgehead atoms. The molecule has 3 aromatic rings. The molecule has 1 fully saturated rings. The van der Waals surface area contributed by atoms with Crippen LogP contribution in [0.1, 0.15) is 0 Å². The number of piperazine rings is 1. The van der Waals surface area contributed by atoms with Crippen LogP contribution in [0.4, 0.5) is 11.5 Å². The van der Waals surface area contributed by atoms with Gasteiger partial charge in [0.1, 0.15) is 5.82 Å². The van der Waals surface area contributed by atoms with E-state index in [1.54, 1.807) is 0 Å². The molecular weight excluding hydrogens is 343 g/mol. The number of nitrogens with zero attached hydrogens (tertiary/aromatic N) is 4. The lowest BCUT2D eigenvalue weighted by Gasteiger charge is -2.36. The molecule has 24 heavy (non-hydrogen) atoms. The molecule has 0 spiro atoms. The van der Waals surface area contributed by atoms with Crippen LogP contribution in [0.15, 0.2) is 48.7 Å². The average molecular weight is 359 g/mol. The van der Waals surface area contributed by atoms with E-state index in [2.05, 4.69) is 14.8 Å². The molecule has 1 saturated heterocycles. The van der Waals surface area contributed by atoms with Gasteiger partial charge >= 0.3 is 0 Å². The highest BCUT2D eigenvalue weighted by Crippen LogP contribution is 2.28. The van der Waals surface area contributed by atoms with Crippen LogP contribution in [-0.4, -0.2) is 36.1 Å². The Morgan fingerprint density at radius 3 is 2.25 bits per heavy atom. The highest BCUT2D eigenvalue weighted by molar-refractivity contribution is 6.42. The van der Waals surface area contributed by atoms with Gasteiger partial charge in [0.05, 0.1) is 27.3 Å². The molecule has 1 aromatic heterocycles. The molecule has 1 aliphatic heterocycles. The van der Waals surface area contributed by atoms with Crippen LogP contribution >= 0.6 is 23.2 Å². The maximum absolute atomic E-state index is 6.13. The minimum absolute atomic E-state index is 0.588. The second kappa shape index (κ2) is 6.46. The third-order valence-electron chi connectivity index (χ3n) is 4.31. The van der Waals surface area contributed by atoms with Crippen LogP contribution in [0.5, 0.6) is 0 Å². The van der Waals surface area contributed by atoms with Crippen molar-refractivity contribution < 1.29 is 0 Å². The van der Waals surface area contributed by atoms with Crippen molar-refractivity contribution in [1.29, 1.82) is 0 Å². The van der Waals surface area contributed by atoms with Crippen LogP contribution < -0.4 is 9.80 Å². The number of halogens is 2. The summed E-state index contributed by atoms with van der Waals surface area (Å²) in [6, 6.07) is 13.7. The van der Waals surface area contributed by atoms with E-state index in [1.807, 2.05) is 48.7 Å². The zero-order valence-corrected chi connectivity index (χ0v) is 14.5. The molecule has 0 atom stereocenters. The molecule has 2 aromatic carbocycles. The summed E-state index contributed by atoms with van der Waals surface area (Å²) in [5.74, 6) is 0.933. The van der Waals surface area contributed by atoms with Crippen molar-refractivity contribution in [3.05, 3.63) is 58.7 Å². The molecule has 2 heterocycles. The first-order valence-electron chi connectivity index (χ1n) is 7.87. The second-order valence-electron chi connectivity index (χ2n) is 5.79. The Morgan fingerprint density at radius 2 is 1.50 bits per heavy atom. The van der Waals surface area contributed by atoms with Crippen molar-refractivity contribution in [2.24, 2.45) is 0 Å². The summed E-state index contributed by atoms with van der Waals surface area (Å²) in [6.07, 6.45) is 1.86. The van der Waals surface area contributed by atoms with Gasteiger partial charge in [-0.15, -0.1) is 0 Å². The normalized spacial score (nSPS) is 15.1. The summed E-state index contributed by atoms with van der Waals surface area (Å²) in [4.78, 5) is 13.8. The first kappa shape index (κ1) is 15.5. The number of anilines is 2. The summed E-state index contributed by atoms with van der Waals surface area (Å²) >= 11 is 12.1. The molecule has 122 valence electrons. The molecule has 0 saturated carbocycles. The lowest BCUT2D eigenvalue weighted by atomic mass is 10.2. The lowest BCUT2D eigenvalue weighted by molar-refractivity contribution is 0.647. The van der Waals surface area contributed by atoms with Crippen molar-refractivity contribution in [3.8, 4) is 0 Å². The maximum atomic E-state index is 6.13. The molecule has 0 aliphatic carbocycles. The molecular formula is C18H16Cl2N4.